The number of hydrogen-bond donors (Lipinski definition) is 1. The number of para-hydroxylation sites is 1. The van der Waals surface area contributed by atoms with E-state index in [1.54, 1.807) is 18.2 Å². The van der Waals surface area contributed by atoms with E-state index in [0.29, 0.717) is 11.8 Å². The van der Waals surface area contributed by atoms with Gasteiger partial charge in [-0.15, -0.1) is 0 Å². The largest absolute Gasteiger partial charge is 0.465 e. The summed E-state index contributed by atoms with van der Waals surface area (Å²) in [5, 5.41) is 2.37. The molecule has 1 aliphatic heterocycles. The smallest absolute Gasteiger partial charge is 0.339 e. The van der Waals surface area contributed by atoms with Crippen LogP contribution in [-0.4, -0.2) is 31.4 Å². The van der Waals surface area contributed by atoms with Gasteiger partial charge in [-0.25, -0.2) is 13.6 Å². The highest BCUT2D eigenvalue weighted by molar-refractivity contribution is 6.07. The molecule has 3 rings (SSSR count). The fourth-order valence-corrected chi connectivity index (χ4v) is 2.93. The van der Waals surface area contributed by atoms with E-state index in [2.05, 4.69) is 5.32 Å². The first-order chi connectivity index (χ1) is 12.9. The summed E-state index contributed by atoms with van der Waals surface area (Å²) in [6.45, 7) is 0.0293. The summed E-state index contributed by atoms with van der Waals surface area (Å²) < 4.78 is 31.4. The van der Waals surface area contributed by atoms with Gasteiger partial charge in [0.15, 0.2) is 0 Å². The Balaban J connectivity index is 1.78. The van der Waals surface area contributed by atoms with E-state index < -0.39 is 29.4 Å². The predicted molar refractivity (Wildman–Crippen MR) is 93.2 cm³/mol. The molecule has 0 spiro atoms. The Hall–Kier alpha value is -3.29. The first-order valence-corrected chi connectivity index (χ1v) is 8.14. The number of ether oxygens (including phenoxy) is 1. The summed E-state index contributed by atoms with van der Waals surface area (Å²) >= 11 is 0. The maximum Gasteiger partial charge on any atom is 0.339 e. The lowest BCUT2D eigenvalue weighted by molar-refractivity contribution is -0.122. The van der Waals surface area contributed by atoms with Crippen LogP contribution in [0.5, 0.6) is 0 Å². The number of esters is 1. The third-order valence-electron chi connectivity index (χ3n) is 4.28. The molecule has 2 aromatic carbocycles. The molecule has 1 N–H and O–H groups in total. The van der Waals surface area contributed by atoms with Crippen LogP contribution in [0, 0.1) is 17.6 Å². The Morgan fingerprint density at radius 1 is 1.19 bits per heavy atom. The minimum absolute atomic E-state index is 0.0293. The lowest BCUT2D eigenvalue weighted by Crippen LogP contribution is -2.29. The number of halogens is 2. The van der Waals surface area contributed by atoms with Gasteiger partial charge in [-0.05, 0) is 24.3 Å². The van der Waals surface area contributed by atoms with Crippen LogP contribution in [0.15, 0.2) is 42.5 Å². The molecule has 140 valence electrons. The normalized spacial score (nSPS) is 16.3. The maximum absolute atomic E-state index is 13.7. The van der Waals surface area contributed by atoms with Gasteiger partial charge in [-0.3, -0.25) is 9.59 Å². The van der Waals surface area contributed by atoms with Gasteiger partial charge < -0.3 is 15.0 Å². The molecule has 8 heteroatoms. The van der Waals surface area contributed by atoms with E-state index in [4.69, 9.17) is 4.74 Å². The number of nitrogens with zero attached hydrogens (tertiary/aromatic N) is 1. The molecule has 1 atom stereocenters. The molecule has 2 aromatic rings. The molecule has 1 saturated heterocycles. The summed E-state index contributed by atoms with van der Waals surface area (Å²) in [6.07, 6.45) is -0.0931. The second-order valence-electron chi connectivity index (χ2n) is 6.03. The lowest BCUT2D eigenvalue weighted by Gasteiger charge is -2.19. The zero-order valence-corrected chi connectivity index (χ0v) is 14.4. The van der Waals surface area contributed by atoms with E-state index in [1.165, 1.54) is 18.1 Å². The van der Waals surface area contributed by atoms with Crippen molar-refractivity contribution in [2.75, 3.05) is 23.9 Å². The molecule has 0 radical (unpaired) electrons. The molecule has 6 nitrogen and oxygen atoms in total. The van der Waals surface area contributed by atoms with Crippen LogP contribution in [0.3, 0.4) is 0 Å². The van der Waals surface area contributed by atoms with Crippen molar-refractivity contribution in [2.24, 2.45) is 5.92 Å². The van der Waals surface area contributed by atoms with Crippen LogP contribution in [0.4, 0.5) is 20.2 Å². The van der Waals surface area contributed by atoms with Gasteiger partial charge >= 0.3 is 5.97 Å². The number of methoxy groups -OCH3 is 1. The third kappa shape index (κ3) is 3.79. The fraction of sp³-hybridized carbons (Fsp3) is 0.211. The van der Waals surface area contributed by atoms with E-state index in [0.717, 1.165) is 12.1 Å². The second-order valence-corrected chi connectivity index (χ2v) is 6.03. The number of rotatable bonds is 4. The number of hydrogen-bond acceptors (Lipinski definition) is 4. The van der Waals surface area contributed by atoms with Crippen molar-refractivity contribution in [2.45, 2.75) is 6.42 Å². The minimum atomic E-state index is -0.902. The van der Waals surface area contributed by atoms with Gasteiger partial charge in [0, 0.05) is 19.0 Å². The standard InChI is InChI=1S/C19H16F2N2O4/c1-27-19(26)13-4-2-3-5-16(13)23-10-11(8-17(23)24)18(25)22-15-7-6-12(20)9-14(15)21/h2-7,9,11H,8,10H2,1H3,(H,22,25). The Labute approximate surface area is 153 Å². The van der Waals surface area contributed by atoms with Gasteiger partial charge in [0.25, 0.3) is 0 Å². The fourth-order valence-electron chi connectivity index (χ4n) is 2.93. The number of benzene rings is 2. The average molecular weight is 374 g/mol. The molecule has 27 heavy (non-hydrogen) atoms. The topological polar surface area (TPSA) is 75.7 Å². The summed E-state index contributed by atoms with van der Waals surface area (Å²) in [5.41, 5.74) is 0.388. The number of amides is 2. The average Bonchev–Trinajstić information content (AvgIpc) is 3.05. The van der Waals surface area contributed by atoms with Crippen LogP contribution in [-0.2, 0) is 14.3 Å². The van der Waals surface area contributed by atoms with Crippen LogP contribution < -0.4 is 10.2 Å². The van der Waals surface area contributed by atoms with Crippen molar-refractivity contribution in [3.05, 3.63) is 59.7 Å². The molecule has 0 saturated carbocycles. The van der Waals surface area contributed by atoms with Crippen LogP contribution in [0.1, 0.15) is 16.8 Å². The zero-order valence-electron chi connectivity index (χ0n) is 14.4. The summed E-state index contributed by atoms with van der Waals surface area (Å²) in [5.74, 6) is -3.90. The van der Waals surface area contributed by atoms with Gasteiger partial charge in [0.05, 0.1) is 30.0 Å². The highest BCUT2D eigenvalue weighted by Gasteiger charge is 2.36. The Kier molecular flexibility index (Phi) is 5.16. The molecule has 0 bridgehead atoms. The molecule has 0 aromatic heterocycles. The zero-order chi connectivity index (χ0) is 19.6. The molecule has 0 aliphatic carbocycles. The van der Waals surface area contributed by atoms with Crippen molar-refractivity contribution in [3.8, 4) is 0 Å². The molecule has 2 amide bonds. The molecular formula is C19H16F2N2O4. The van der Waals surface area contributed by atoms with Crippen molar-refractivity contribution >= 4 is 29.2 Å². The Morgan fingerprint density at radius 3 is 2.63 bits per heavy atom. The highest BCUT2D eigenvalue weighted by Crippen LogP contribution is 2.29. The lowest BCUT2D eigenvalue weighted by atomic mass is 10.1. The van der Waals surface area contributed by atoms with Gasteiger partial charge in [0.2, 0.25) is 11.8 Å². The number of nitrogens with one attached hydrogen (secondary N) is 1. The quantitative estimate of drug-likeness (QED) is 0.835. The molecule has 1 unspecified atom stereocenters. The van der Waals surface area contributed by atoms with Crippen molar-refractivity contribution in [1.29, 1.82) is 0 Å². The summed E-state index contributed by atoms with van der Waals surface area (Å²) in [6, 6.07) is 9.21. The first kappa shape index (κ1) is 18.5. The third-order valence-corrected chi connectivity index (χ3v) is 4.28. The van der Waals surface area contributed by atoms with Gasteiger partial charge in [-0.2, -0.15) is 0 Å². The summed E-state index contributed by atoms with van der Waals surface area (Å²) in [4.78, 5) is 38.0. The Morgan fingerprint density at radius 2 is 1.93 bits per heavy atom. The monoisotopic (exact) mass is 374 g/mol. The Bertz CT molecular complexity index is 916. The molecule has 1 fully saturated rings. The molecule has 1 aliphatic rings. The van der Waals surface area contributed by atoms with E-state index in [9.17, 15) is 23.2 Å². The minimum Gasteiger partial charge on any atom is -0.465 e. The predicted octanol–water partition coefficient (Wildman–Crippen LogP) is 2.74. The SMILES string of the molecule is COC(=O)c1ccccc1N1CC(C(=O)Nc2ccc(F)cc2F)CC1=O. The number of carbonyl (C=O) groups excluding carboxylic acids is 3. The number of carbonyl (C=O) groups is 3. The van der Waals surface area contributed by atoms with Gasteiger partial charge in [-0.1, -0.05) is 12.1 Å². The molecular weight excluding hydrogens is 358 g/mol. The molecule has 1 heterocycles. The van der Waals surface area contributed by atoms with Crippen LogP contribution in [0.25, 0.3) is 0 Å². The van der Waals surface area contributed by atoms with Gasteiger partial charge in [0.1, 0.15) is 11.6 Å². The first-order valence-electron chi connectivity index (χ1n) is 8.14. The van der Waals surface area contributed by atoms with Crippen molar-refractivity contribution in [3.63, 3.8) is 0 Å². The van der Waals surface area contributed by atoms with E-state index in [-0.39, 0.29) is 30.1 Å². The van der Waals surface area contributed by atoms with E-state index >= 15 is 0 Å². The van der Waals surface area contributed by atoms with Crippen molar-refractivity contribution in [1.82, 2.24) is 0 Å². The maximum atomic E-state index is 13.7. The highest BCUT2D eigenvalue weighted by atomic mass is 19.1. The number of anilines is 2. The van der Waals surface area contributed by atoms with E-state index in [1.807, 2.05) is 0 Å². The summed E-state index contributed by atoms with van der Waals surface area (Å²) in [7, 11) is 1.23. The van der Waals surface area contributed by atoms with Crippen molar-refractivity contribution < 1.29 is 27.9 Å². The second kappa shape index (κ2) is 7.53. The van der Waals surface area contributed by atoms with Crippen LogP contribution >= 0.6 is 0 Å². The van der Waals surface area contributed by atoms with Crippen LogP contribution in [0.2, 0.25) is 0 Å².